The van der Waals surface area contributed by atoms with Gasteiger partial charge in [-0.2, -0.15) is 0 Å². The minimum Gasteiger partial charge on any atom is -0.478 e. The predicted octanol–water partition coefficient (Wildman–Crippen LogP) is 1.88. The van der Waals surface area contributed by atoms with Crippen LogP contribution in [0.4, 0.5) is 4.39 Å². The third-order valence-corrected chi connectivity index (χ3v) is 2.31. The van der Waals surface area contributed by atoms with E-state index >= 15 is 0 Å². The van der Waals surface area contributed by atoms with Gasteiger partial charge in [0.25, 0.3) is 0 Å². The summed E-state index contributed by atoms with van der Waals surface area (Å²) in [5.74, 6) is -1.61. The van der Waals surface area contributed by atoms with Gasteiger partial charge < -0.3 is 10.1 Å². The monoisotopic (exact) mass is 233 g/mol. The minimum absolute atomic E-state index is 0.111. The quantitative estimate of drug-likeness (QED) is 0.831. The van der Waals surface area contributed by atoms with Gasteiger partial charge in [0.05, 0.1) is 5.56 Å². The van der Waals surface area contributed by atoms with Gasteiger partial charge in [-0.1, -0.05) is 12.1 Å². The van der Waals surface area contributed by atoms with E-state index in [0.29, 0.717) is 11.1 Å². The van der Waals surface area contributed by atoms with Crippen LogP contribution in [0.1, 0.15) is 10.4 Å². The Bertz CT molecular complexity index is 616. The third kappa shape index (κ3) is 2.23. The lowest BCUT2D eigenvalue weighted by molar-refractivity contribution is 0.0697. The van der Waals surface area contributed by atoms with E-state index in [1.165, 1.54) is 30.5 Å². The number of hydrogen-bond donors (Lipinski definition) is 2. The van der Waals surface area contributed by atoms with E-state index in [2.05, 4.69) is 4.98 Å². The van der Waals surface area contributed by atoms with Crippen LogP contribution in [0.2, 0.25) is 0 Å². The van der Waals surface area contributed by atoms with Crippen molar-refractivity contribution in [3.8, 4) is 11.1 Å². The number of carboxylic acid groups (broad SMARTS) is 1. The van der Waals surface area contributed by atoms with Crippen molar-refractivity contribution in [3.63, 3.8) is 0 Å². The molecule has 1 aromatic heterocycles. The first-order valence-electron chi connectivity index (χ1n) is 4.80. The van der Waals surface area contributed by atoms with Gasteiger partial charge in [0.15, 0.2) is 0 Å². The van der Waals surface area contributed by atoms with E-state index in [1.54, 1.807) is 0 Å². The van der Waals surface area contributed by atoms with Gasteiger partial charge >= 0.3 is 5.97 Å². The third-order valence-electron chi connectivity index (χ3n) is 2.31. The zero-order chi connectivity index (χ0) is 12.4. The molecule has 0 spiro atoms. The lowest BCUT2D eigenvalue weighted by Gasteiger charge is -2.05. The zero-order valence-corrected chi connectivity index (χ0v) is 8.61. The topological polar surface area (TPSA) is 70.2 Å². The molecule has 17 heavy (non-hydrogen) atoms. The summed E-state index contributed by atoms with van der Waals surface area (Å²) in [5.41, 5.74) is 0.269. The number of carboxylic acids is 1. The Morgan fingerprint density at radius 2 is 1.88 bits per heavy atom. The van der Waals surface area contributed by atoms with Crippen molar-refractivity contribution in [1.82, 2.24) is 4.98 Å². The first-order chi connectivity index (χ1) is 8.08. The highest BCUT2D eigenvalue weighted by molar-refractivity contribution is 5.95. The number of carbonyl (C=O) groups is 1. The summed E-state index contributed by atoms with van der Waals surface area (Å²) >= 11 is 0. The molecule has 0 aliphatic carbocycles. The number of benzene rings is 1. The van der Waals surface area contributed by atoms with Gasteiger partial charge in [0.2, 0.25) is 5.56 Å². The zero-order valence-electron chi connectivity index (χ0n) is 8.61. The second-order valence-corrected chi connectivity index (χ2v) is 3.44. The first kappa shape index (κ1) is 11.1. The van der Waals surface area contributed by atoms with Gasteiger partial charge in [0.1, 0.15) is 5.82 Å². The van der Waals surface area contributed by atoms with Crippen molar-refractivity contribution < 1.29 is 14.3 Å². The van der Waals surface area contributed by atoms with Crippen LogP contribution in [0.3, 0.4) is 0 Å². The van der Waals surface area contributed by atoms with E-state index in [9.17, 15) is 14.0 Å². The molecule has 1 heterocycles. The fourth-order valence-electron chi connectivity index (χ4n) is 1.52. The summed E-state index contributed by atoms with van der Waals surface area (Å²) in [7, 11) is 0. The van der Waals surface area contributed by atoms with Crippen molar-refractivity contribution in [1.29, 1.82) is 0 Å². The van der Waals surface area contributed by atoms with Crippen LogP contribution in [0, 0.1) is 5.82 Å². The molecule has 0 bridgehead atoms. The van der Waals surface area contributed by atoms with E-state index in [0.717, 1.165) is 6.07 Å². The number of hydrogen-bond acceptors (Lipinski definition) is 2. The molecule has 0 atom stereocenters. The van der Waals surface area contributed by atoms with E-state index in [4.69, 9.17) is 5.11 Å². The predicted molar refractivity (Wildman–Crippen MR) is 59.4 cm³/mol. The molecule has 1 aromatic carbocycles. The summed E-state index contributed by atoms with van der Waals surface area (Å²) in [4.78, 5) is 24.4. The maximum atomic E-state index is 12.8. The molecule has 0 radical (unpaired) electrons. The molecule has 2 aromatic rings. The molecule has 0 amide bonds. The normalized spacial score (nSPS) is 10.2. The molecule has 0 aliphatic heterocycles. The van der Waals surface area contributed by atoms with Crippen LogP contribution in [0.15, 0.2) is 41.3 Å². The number of H-pyrrole nitrogens is 1. The van der Waals surface area contributed by atoms with Crippen molar-refractivity contribution in [2.45, 2.75) is 0 Å². The van der Waals surface area contributed by atoms with Crippen LogP contribution in [0.25, 0.3) is 11.1 Å². The Labute approximate surface area is 95.4 Å². The lowest BCUT2D eigenvalue weighted by atomic mass is 10.0. The highest BCUT2D eigenvalue weighted by Gasteiger charge is 2.12. The number of pyridine rings is 1. The van der Waals surface area contributed by atoms with E-state index in [1.807, 2.05) is 0 Å². The Balaban J connectivity index is 2.62. The molecular weight excluding hydrogens is 225 g/mol. The maximum absolute atomic E-state index is 12.8. The van der Waals surface area contributed by atoms with Gasteiger partial charge in [0, 0.05) is 17.8 Å². The Hall–Kier alpha value is -2.43. The molecule has 0 aliphatic rings. The van der Waals surface area contributed by atoms with Gasteiger partial charge in [-0.3, -0.25) is 4.79 Å². The van der Waals surface area contributed by atoms with E-state index in [-0.39, 0.29) is 5.56 Å². The summed E-state index contributed by atoms with van der Waals surface area (Å²) in [6, 6.07) is 6.37. The van der Waals surface area contributed by atoms with Gasteiger partial charge in [-0.25, -0.2) is 9.18 Å². The number of nitrogens with one attached hydrogen (secondary N) is 1. The van der Waals surface area contributed by atoms with Gasteiger partial charge in [-0.05, 0) is 17.7 Å². The summed E-state index contributed by atoms with van der Waals surface area (Å²) in [5, 5.41) is 8.98. The fraction of sp³-hybridized carbons (Fsp3) is 0. The Morgan fingerprint density at radius 1 is 1.24 bits per heavy atom. The van der Waals surface area contributed by atoms with Crippen LogP contribution >= 0.6 is 0 Å². The molecule has 2 rings (SSSR count). The van der Waals surface area contributed by atoms with Crippen molar-refractivity contribution in [2.24, 2.45) is 0 Å². The van der Waals surface area contributed by atoms with Crippen molar-refractivity contribution >= 4 is 5.97 Å². The van der Waals surface area contributed by atoms with Crippen molar-refractivity contribution in [3.05, 3.63) is 58.3 Å². The second kappa shape index (κ2) is 4.21. The fourth-order valence-corrected chi connectivity index (χ4v) is 1.52. The Kier molecular flexibility index (Phi) is 2.74. The van der Waals surface area contributed by atoms with Crippen LogP contribution < -0.4 is 5.56 Å². The molecular formula is C12H8FNO3. The highest BCUT2D eigenvalue weighted by atomic mass is 19.1. The summed E-state index contributed by atoms with van der Waals surface area (Å²) in [6.07, 6.45) is 1.30. The number of halogens is 1. The second-order valence-electron chi connectivity index (χ2n) is 3.44. The number of aromatic carboxylic acids is 1. The number of rotatable bonds is 2. The largest absolute Gasteiger partial charge is 0.478 e. The SMILES string of the molecule is O=C(O)c1cc(=O)[nH]cc1-c1ccc(F)cc1. The molecule has 0 saturated heterocycles. The summed E-state index contributed by atoms with van der Waals surface area (Å²) in [6.45, 7) is 0. The molecule has 2 N–H and O–H groups in total. The maximum Gasteiger partial charge on any atom is 0.336 e. The average molecular weight is 233 g/mol. The number of aromatic nitrogens is 1. The van der Waals surface area contributed by atoms with E-state index < -0.39 is 17.3 Å². The first-order valence-corrected chi connectivity index (χ1v) is 4.80. The van der Waals surface area contributed by atoms with Crippen LogP contribution in [-0.2, 0) is 0 Å². The molecule has 0 fully saturated rings. The molecule has 5 heteroatoms. The highest BCUT2D eigenvalue weighted by Crippen LogP contribution is 2.21. The van der Waals surface area contributed by atoms with Crippen molar-refractivity contribution in [2.75, 3.05) is 0 Å². The molecule has 0 unspecified atom stereocenters. The standard InChI is InChI=1S/C12H8FNO3/c13-8-3-1-7(2-4-8)10-6-14-11(15)5-9(10)12(16)17/h1-6H,(H,14,15)(H,16,17). The minimum atomic E-state index is -1.20. The molecule has 0 saturated carbocycles. The lowest BCUT2D eigenvalue weighted by Crippen LogP contribution is -2.10. The number of aromatic amines is 1. The smallest absolute Gasteiger partial charge is 0.336 e. The van der Waals surface area contributed by atoms with Crippen LogP contribution in [-0.4, -0.2) is 16.1 Å². The van der Waals surface area contributed by atoms with Crippen LogP contribution in [0.5, 0.6) is 0 Å². The Morgan fingerprint density at radius 3 is 2.47 bits per heavy atom. The van der Waals surface area contributed by atoms with Gasteiger partial charge in [-0.15, -0.1) is 0 Å². The molecule has 4 nitrogen and oxygen atoms in total. The molecule has 86 valence electrons. The average Bonchev–Trinajstić information content (AvgIpc) is 2.30. The summed E-state index contributed by atoms with van der Waals surface area (Å²) < 4.78 is 12.8.